The molecule has 2 fully saturated rings. The van der Waals surface area contributed by atoms with Crippen LogP contribution in [0.1, 0.15) is 52.4 Å². The number of rotatable bonds is 5. The Labute approximate surface area is 130 Å². The molecule has 2 atom stereocenters. The van der Waals surface area contributed by atoms with Crippen LogP contribution >= 0.6 is 0 Å². The fraction of sp³-hybridized carbons (Fsp3) is 0.941. The van der Waals surface area contributed by atoms with E-state index in [0.717, 1.165) is 32.7 Å². The van der Waals surface area contributed by atoms with Crippen molar-refractivity contribution in [2.24, 2.45) is 5.92 Å². The summed E-state index contributed by atoms with van der Waals surface area (Å²) in [5.74, 6) is 1.05. The van der Waals surface area contributed by atoms with Crippen molar-refractivity contribution in [3.8, 4) is 0 Å². The van der Waals surface area contributed by atoms with Gasteiger partial charge in [0.1, 0.15) is 0 Å². The number of amides is 1. The molecule has 0 saturated carbocycles. The van der Waals surface area contributed by atoms with Crippen LogP contribution < -0.4 is 5.32 Å². The first-order chi connectivity index (χ1) is 10.2. The first-order valence-electron chi connectivity index (χ1n) is 8.98. The number of hydrogen-bond acceptors (Lipinski definition) is 3. The summed E-state index contributed by atoms with van der Waals surface area (Å²) in [4.78, 5) is 17.0. The molecule has 2 unspecified atom stereocenters. The molecule has 0 bridgehead atoms. The lowest BCUT2D eigenvalue weighted by atomic mass is 9.90. The van der Waals surface area contributed by atoms with E-state index in [9.17, 15) is 4.79 Å². The van der Waals surface area contributed by atoms with Crippen molar-refractivity contribution in [1.29, 1.82) is 0 Å². The number of likely N-dealkylation sites (tertiary alicyclic amines) is 2. The van der Waals surface area contributed by atoms with Gasteiger partial charge < -0.3 is 10.2 Å². The minimum atomic E-state index is 0.355. The van der Waals surface area contributed by atoms with Crippen molar-refractivity contribution in [1.82, 2.24) is 15.1 Å². The SMILES string of the molecule is CCNC1CCN(CC(=O)N2CCCCCC2)CC1CC. The molecule has 4 heteroatoms. The molecule has 0 spiro atoms. The zero-order valence-electron chi connectivity index (χ0n) is 13.9. The van der Waals surface area contributed by atoms with Crippen molar-refractivity contribution in [2.45, 2.75) is 58.4 Å². The molecule has 21 heavy (non-hydrogen) atoms. The molecule has 2 aliphatic rings. The Bertz CT molecular complexity index is 313. The predicted octanol–water partition coefficient (Wildman–Crippen LogP) is 2.10. The van der Waals surface area contributed by atoms with E-state index in [4.69, 9.17) is 0 Å². The van der Waals surface area contributed by atoms with E-state index < -0.39 is 0 Å². The molecule has 122 valence electrons. The standard InChI is InChI=1S/C17H33N3O/c1-3-15-13-19(12-9-16(15)18-4-2)14-17(21)20-10-7-5-6-8-11-20/h15-16,18H,3-14H2,1-2H3. The van der Waals surface area contributed by atoms with Crippen LogP contribution in [0.5, 0.6) is 0 Å². The average Bonchev–Trinajstić information content (AvgIpc) is 2.78. The minimum Gasteiger partial charge on any atom is -0.342 e. The van der Waals surface area contributed by atoms with Crippen LogP contribution in [-0.2, 0) is 4.79 Å². The molecule has 2 saturated heterocycles. The third-order valence-electron chi connectivity index (χ3n) is 5.13. The van der Waals surface area contributed by atoms with Crippen molar-refractivity contribution in [3.63, 3.8) is 0 Å². The maximum Gasteiger partial charge on any atom is 0.236 e. The van der Waals surface area contributed by atoms with Crippen LogP contribution in [0.3, 0.4) is 0 Å². The predicted molar refractivity (Wildman–Crippen MR) is 87.4 cm³/mol. The third kappa shape index (κ3) is 4.96. The van der Waals surface area contributed by atoms with Crippen molar-refractivity contribution >= 4 is 5.91 Å². The Morgan fingerprint density at radius 3 is 2.43 bits per heavy atom. The van der Waals surface area contributed by atoms with Crippen LogP contribution in [0.15, 0.2) is 0 Å². The van der Waals surface area contributed by atoms with E-state index in [0.29, 0.717) is 24.4 Å². The van der Waals surface area contributed by atoms with E-state index in [1.54, 1.807) is 0 Å². The number of piperidine rings is 1. The van der Waals surface area contributed by atoms with Crippen LogP contribution in [0.25, 0.3) is 0 Å². The smallest absolute Gasteiger partial charge is 0.236 e. The Hall–Kier alpha value is -0.610. The fourth-order valence-corrected chi connectivity index (χ4v) is 3.81. The zero-order valence-corrected chi connectivity index (χ0v) is 13.9. The van der Waals surface area contributed by atoms with Crippen molar-refractivity contribution < 1.29 is 4.79 Å². The largest absolute Gasteiger partial charge is 0.342 e. The van der Waals surface area contributed by atoms with Gasteiger partial charge in [-0.15, -0.1) is 0 Å². The highest BCUT2D eigenvalue weighted by Gasteiger charge is 2.29. The van der Waals surface area contributed by atoms with Gasteiger partial charge in [-0.3, -0.25) is 9.69 Å². The summed E-state index contributed by atoms with van der Waals surface area (Å²) in [5, 5.41) is 3.61. The average molecular weight is 295 g/mol. The quantitative estimate of drug-likeness (QED) is 0.844. The molecule has 0 aromatic rings. The fourth-order valence-electron chi connectivity index (χ4n) is 3.81. The summed E-state index contributed by atoms with van der Waals surface area (Å²) in [5.41, 5.74) is 0. The summed E-state index contributed by atoms with van der Waals surface area (Å²) in [6.45, 7) is 10.2. The Kier molecular flexibility index (Phi) is 6.97. The number of nitrogens with one attached hydrogen (secondary N) is 1. The first kappa shape index (κ1) is 16.8. The number of carbonyl (C=O) groups is 1. The molecule has 0 aromatic carbocycles. The van der Waals surface area contributed by atoms with Gasteiger partial charge in [-0.25, -0.2) is 0 Å². The number of carbonyl (C=O) groups excluding carboxylic acids is 1. The zero-order chi connectivity index (χ0) is 15.1. The summed E-state index contributed by atoms with van der Waals surface area (Å²) < 4.78 is 0. The van der Waals surface area contributed by atoms with Gasteiger partial charge in [0.15, 0.2) is 0 Å². The first-order valence-corrected chi connectivity index (χ1v) is 8.98. The van der Waals surface area contributed by atoms with Crippen LogP contribution in [0, 0.1) is 5.92 Å². The maximum absolute atomic E-state index is 12.5. The monoisotopic (exact) mass is 295 g/mol. The van der Waals surface area contributed by atoms with Crippen LogP contribution in [0.2, 0.25) is 0 Å². The second kappa shape index (κ2) is 8.74. The molecule has 2 rings (SSSR count). The molecular formula is C17H33N3O. The van der Waals surface area contributed by atoms with Gasteiger partial charge in [0.05, 0.1) is 6.54 Å². The second-order valence-electron chi connectivity index (χ2n) is 6.65. The van der Waals surface area contributed by atoms with Gasteiger partial charge in [-0.2, -0.15) is 0 Å². The highest BCUT2D eigenvalue weighted by Crippen LogP contribution is 2.20. The van der Waals surface area contributed by atoms with Gasteiger partial charge in [-0.1, -0.05) is 33.1 Å². The Morgan fingerprint density at radius 1 is 1.10 bits per heavy atom. The Morgan fingerprint density at radius 2 is 1.81 bits per heavy atom. The molecular weight excluding hydrogens is 262 g/mol. The van der Waals surface area contributed by atoms with E-state index in [2.05, 4.69) is 29.0 Å². The van der Waals surface area contributed by atoms with Gasteiger partial charge >= 0.3 is 0 Å². The normalized spacial score (nSPS) is 28.4. The molecule has 2 aliphatic heterocycles. The molecule has 2 heterocycles. The highest BCUT2D eigenvalue weighted by molar-refractivity contribution is 5.78. The van der Waals surface area contributed by atoms with E-state index >= 15 is 0 Å². The van der Waals surface area contributed by atoms with Crippen molar-refractivity contribution in [3.05, 3.63) is 0 Å². The molecule has 1 amide bonds. The molecule has 0 radical (unpaired) electrons. The van der Waals surface area contributed by atoms with Gasteiger partial charge in [0.25, 0.3) is 0 Å². The van der Waals surface area contributed by atoms with Crippen molar-refractivity contribution in [2.75, 3.05) is 39.3 Å². The van der Waals surface area contributed by atoms with E-state index in [-0.39, 0.29) is 0 Å². The summed E-state index contributed by atoms with van der Waals surface area (Å²) in [7, 11) is 0. The van der Waals surface area contributed by atoms with Gasteiger partial charge in [0, 0.05) is 32.2 Å². The summed E-state index contributed by atoms with van der Waals surface area (Å²) in [6.07, 6.45) is 7.33. The Balaban J connectivity index is 1.81. The summed E-state index contributed by atoms with van der Waals surface area (Å²) in [6, 6.07) is 0.643. The molecule has 0 aromatic heterocycles. The highest BCUT2D eigenvalue weighted by atomic mass is 16.2. The molecule has 1 N–H and O–H groups in total. The van der Waals surface area contributed by atoms with E-state index in [1.807, 2.05) is 0 Å². The molecule has 0 aliphatic carbocycles. The van der Waals surface area contributed by atoms with Crippen LogP contribution in [-0.4, -0.2) is 61.0 Å². The van der Waals surface area contributed by atoms with E-state index in [1.165, 1.54) is 38.5 Å². The third-order valence-corrected chi connectivity index (χ3v) is 5.13. The van der Waals surface area contributed by atoms with Crippen LogP contribution in [0.4, 0.5) is 0 Å². The lowest BCUT2D eigenvalue weighted by molar-refractivity contribution is -0.132. The topological polar surface area (TPSA) is 35.6 Å². The molecule has 4 nitrogen and oxygen atoms in total. The number of nitrogens with zero attached hydrogens (tertiary/aromatic N) is 2. The minimum absolute atomic E-state index is 0.355. The second-order valence-corrected chi connectivity index (χ2v) is 6.65. The number of hydrogen-bond donors (Lipinski definition) is 1. The lowest BCUT2D eigenvalue weighted by Crippen LogP contribution is -2.51. The lowest BCUT2D eigenvalue weighted by Gasteiger charge is -2.39. The van der Waals surface area contributed by atoms with Gasteiger partial charge in [0.2, 0.25) is 5.91 Å². The maximum atomic E-state index is 12.5. The van der Waals surface area contributed by atoms with Gasteiger partial charge in [-0.05, 0) is 31.7 Å². The summed E-state index contributed by atoms with van der Waals surface area (Å²) >= 11 is 0.